The molecule has 6 nitrogen and oxygen atoms in total. The number of aryl methyl sites for hydroxylation is 1. The summed E-state index contributed by atoms with van der Waals surface area (Å²) in [5.74, 6) is -0.550. The van der Waals surface area contributed by atoms with Crippen molar-refractivity contribution in [3.63, 3.8) is 0 Å². The molecule has 0 fully saturated rings. The number of halogens is 1. The van der Waals surface area contributed by atoms with Crippen molar-refractivity contribution in [1.29, 1.82) is 0 Å². The molecule has 0 unspecified atom stereocenters. The number of anilines is 1. The Hall–Kier alpha value is -0.310. The SMILES string of the molecule is C=NN(CCS(=O)(=O)[O-])Nc1ccc(Cl)cc1C.[Na+]. The van der Waals surface area contributed by atoms with Crippen LogP contribution in [0.3, 0.4) is 0 Å². The zero-order valence-corrected chi connectivity index (χ0v) is 14.3. The van der Waals surface area contributed by atoms with E-state index in [0.29, 0.717) is 10.7 Å². The van der Waals surface area contributed by atoms with Crippen LogP contribution in [0.2, 0.25) is 5.02 Å². The average Bonchev–Trinajstić information content (AvgIpc) is 2.25. The number of hydrogen-bond donors (Lipinski definition) is 1. The van der Waals surface area contributed by atoms with Gasteiger partial charge in [-0.2, -0.15) is 5.10 Å². The van der Waals surface area contributed by atoms with E-state index in [4.69, 9.17) is 11.6 Å². The Morgan fingerprint density at radius 2 is 2.16 bits per heavy atom. The molecular formula is C10H13ClN3NaO3S. The third-order valence-electron chi connectivity index (χ3n) is 2.16. The minimum absolute atomic E-state index is 0. The Labute approximate surface area is 139 Å². The first kappa shape index (κ1) is 18.7. The Balaban J connectivity index is 0.00000324. The number of hydrogen-bond acceptors (Lipinski definition) is 6. The molecule has 0 radical (unpaired) electrons. The van der Waals surface area contributed by atoms with E-state index in [-0.39, 0.29) is 36.1 Å². The van der Waals surface area contributed by atoms with Crippen LogP contribution < -0.4 is 35.0 Å². The van der Waals surface area contributed by atoms with Crippen LogP contribution >= 0.6 is 11.6 Å². The second-order valence-electron chi connectivity index (χ2n) is 3.60. The van der Waals surface area contributed by atoms with Gasteiger partial charge in [0.15, 0.2) is 0 Å². The van der Waals surface area contributed by atoms with E-state index in [1.165, 1.54) is 5.12 Å². The molecule has 1 aromatic carbocycles. The van der Waals surface area contributed by atoms with Crippen LogP contribution in [0.4, 0.5) is 5.69 Å². The van der Waals surface area contributed by atoms with Crippen molar-refractivity contribution in [2.24, 2.45) is 5.10 Å². The van der Waals surface area contributed by atoms with Gasteiger partial charge in [0.05, 0.1) is 28.1 Å². The van der Waals surface area contributed by atoms with Gasteiger partial charge in [0, 0.05) is 11.7 Å². The van der Waals surface area contributed by atoms with Crippen molar-refractivity contribution in [3.8, 4) is 0 Å². The van der Waals surface area contributed by atoms with Crippen LogP contribution in [0.15, 0.2) is 23.3 Å². The van der Waals surface area contributed by atoms with Crippen molar-refractivity contribution >= 4 is 34.1 Å². The molecule has 0 amide bonds. The van der Waals surface area contributed by atoms with E-state index in [1.807, 2.05) is 6.92 Å². The summed E-state index contributed by atoms with van der Waals surface area (Å²) in [6.07, 6.45) is 0. The van der Waals surface area contributed by atoms with E-state index in [9.17, 15) is 13.0 Å². The molecule has 0 saturated carbocycles. The smallest absolute Gasteiger partial charge is 0.748 e. The number of nitrogens with zero attached hydrogens (tertiary/aromatic N) is 2. The number of benzene rings is 1. The van der Waals surface area contributed by atoms with Crippen LogP contribution in [0, 0.1) is 6.92 Å². The van der Waals surface area contributed by atoms with Crippen molar-refractivity contribution in [3.05, 3.63) is 28.8 Å². The first-order valence-corrected chi connectivity index (χ1v) is 6.98. The van der Waals surface area contributed by atoms with Crippen molar-refractivity contribution < 1.29 is 42.5 Å². The number of nitrogens with one attached hydrogen (secondary N) is 1. The van der Waals surface area contributed by atoms with Gasteiger partial charge in [-0.25, -0.2) is 13.5 Å². The van der Waals surface area contributed by atoms with Crippen molar-refractivity contribution in [1.82, 2.24) is 5.12 Å². The van der Waals surface area contributed by atoms with Crippen LogP contribution in [0.1, 0.15) is 5.56 Å². The fourth-order valence-corrected chi connectivity index (χ4v) is 1.88. The Morgan fingerprint density at radius 3 is 2.63 bits per heavy atom. The maximum Gasteiger partial charge on any atom is 1.00 e. The van der Waals surface area contributed by atoms with Gasteiger partial charge in [-0.3, -0.25) is 5.43 Å². The summed E-state index contributed by atoms with van der Waals surface area (Å²) >= 11 is 5.81. The summed E-state index contributed by atoms with van der Waals surface area (Å²) in [5.41, 5.74) is 4.40. The molecule has 1 aromatic rings. The number of hydrazone groups is 1. The summed E-state index contributed by atoms with van der Waals surface area (Å²) in [6.45, 7) is 5.04. The number of hydrazine groups is 1. The molecule has 1 N–H and O–H groups in total. The molecule has 1 rings (SSSR count). The third-order valence-corrected chi connectivity index (χ3v) is 3.08. The second-order valence-corrected chi connectivity index (χ2v) is 5.56. The van der Waals surface area contributed by atoms with Gasteiger partial charge in [0.25, 0.3) is 0 Å². The molecule has 0 heterocycles. The summed E-state index contributed by atoms with van der Waals surface area (Å²) in [6, 6.07) is 5.15. The first-order chi connectivity index (χ1) is 8.31. The molecule has 0 bridgehead atoms. The predicted octanol–water partition coefficient (Wildman–Crippen LogP) is -1.56. The first-order valence-electron chi connectivity index (χ1n) is 5.02. The van der Waals surface area contributed by atoms with E-state index < -0.39 is 15.9 Å². The molecule has 0 aromatic heterocycles. The molecule has 0 aliphatic carbocycles. The quantitative estimate of drug-likeness (QED) is 0.297. The fraction of sp³-hybridized carbons (Fsp3) is 0.300. The molecule has 0 aliphatic rings. The van der Waals surface area contributed by atoms with E-state index >= 15 is 0 Å². The van der Waals surface area contributed by atoms with E-state index in [0.717, 1.165) is 5.56 Å². The zero-order valence-electron chi connectivity index (χ0n) is 10.8. The van der Waals surface area contributed by atoms with Gasteiger partial charge < -0.3 is 4.55 Å². The van der Waals surface area contributed by atoms with Crippen LogP contribution in [0.25, 0.3) is 0 Å². The average molecular weight is 314 g/mol. The molecule has 0 spiro atoms. The molecule has 100 valence electrons. The minimum atomic E-state index is -4.28. The third kappa shape index (κ3) is 7.14. The molecule has 19 heavy (non-hydrogen) atoms. The van der Waals surface area contributed by atoms with Gasteiger partial charge in [0.2, 0.25) is 0 Å². The Kier molecular flexibility index (Phi) is 7.95. The second kappa shape index (κ2) is 8.08. The van der Waals surface area contributed by atoms with Gasteiger partial charge in [0.1, 0.15) is 0 Å². The fourth-order valence-electron chi connectivity index (χ4n) is 1.25. The van der Waals surface area contributed by atoms with Gasteiger partial charge in [-0.05, 0) is 30.7 Å². The van der Waals surface area contributed by atoms with Crippen molar-refractivity contribution in [2.45, 2.75) is 6.92 Å². The molecular weight excluding hydrogens is 301 g/mol. The topological polar surface area (TPSA) is 84.8 Å². The summed E-state index contributed by atoms with van der Waals surface area (Å²) in [7, 11) is -4.28. The van der Waals surface area contributed by atoms with Gasteiger partial charge in [-0.15, -0.1) is 0 Å². The summed E-state index contributed by atoms with van der Waals surface area (Å²) in [5, 5.41) is 5.37. The molecule has 0 aliphatic heterocycles. The van der Waals surface area contributed by atoms with E-state index in [1.54, 1.807) is 18.2 Å². The van der Waals surface area contributed by atoms with Crippen molar-refractivity contribution in [2.75, 3.05) is 17.7 Å². The van der Waals surface area contributed by atoms with Gasteiger partial charge in [-0.1, -0.05) is 11.6 Å². The Bertz CT molecular complexity index is 539. The largest absolute Gasteiger partial charge is 1.00 e. The van der Waals surface area contributed by atoms with Crippen LogP contribution in [-0.2, 0) is 10.1 Å². The maximum atomic E-state index is 10.5. The standard InChI is InChI=1S/C10H14ClN3O3S.Na/c1-8-7-9(11)3-4-10(8)13-14(12-2)5-6-18(15,16)17;/h3-4,7,13H,2,5-6H2,1H3,(H,15,16,17);/q;+1/p-1. The number of rotatable bonds is 6. The van der Waals surface area contributed by atoms with Crippen LogP contribution in [0.5, 0.6) is 0 Å². The minimum Gasteiger partial charge on any atom is -0.748 e. The van der Waals surface area contributed by atoms with Crippen LogP contribution in [-0.4, -0.2) is 37.1 Å². The predicted molar refractivity (Wildman–Crippen MR) is 70.6 cm³/mol. The molecule has 0 atom stereocenters. The Morgan fingerprint density at radius 1 is 1.53 bits per heavy atom. The zero-order chi connectivity index (χ0) is 13.8. The molecule has 9 heteroatoms. The monoisotopic (exact) mass is 313 g/mol. The summed E-state index contributed by atoms with van der Waals surface area (Å²) < 4.78 is 31.6. The maximum absolute atomic E-state index is 10.5. The van der Waals surface area contributed by atoms with Gasteiger partial charge >= 0.3 is 29.6 Å². The van der Waals surface area contributed by atoms with E-state index in [2.05, 4.69) is 17.2 Å². The summed E-state index contributed by atoms with van der Waals surface area (Å²) in [4.78, 5) is 0. The normalized spacial score (nSPS) is 10.5. The molecule has 0 saturated heterocycles.